The van der Waals surface area contributed by atoms with E-state index in [1.807, 2.05) is 36.2 Å². The first-order chi connectivity index (χ1) is 12.2. The second-order valence-corrected chi connectivity index (χ2v) is 6.53. The van der Waals surface area contributed by atoms with Crippen molar-refractivity contribution in [1.29, 1.82) is 0 Å². The highest BCUT2D eigenvalue weighted by Gasteiger charge is 2.28. The van der Waals surface area contributed by atoms with E-state index in [0.29, 0.717) is 17.9 Å². The van der Waals surface area contributed by atoms with Crippen LogP contribution in [0.3, 0.4) is 0 Å². The molecule has 128 valence electrons. The molecule has 1 aromatic carbocycles. The van der Waals surface area contributed by atoms with Crippen molar-refractivity contribution in [1.82, 2.24) is 14.9 Å². The smallest absolute Gasteiger partial charge is 0.257 e. The first-order valence-corrected chi connectivity index (χ1v) is 8.66. The summed E-state index contributed by atoms with van der Waals surface area (Å²) in [5.41, 5.74) is 2.80. The molecular weight excluding hydrogens is 314 g/mol. The van der Waals surface area contributed by atoms with Crippen LogP contribution in [0.15, 0.2) is 53.3 Å². The van der Waals surface area contributed by atoms with Gasteiger partial charge in [0.25, 0.3) is 5.91 Å². The number of aromatic nitrogens is 2. The highest BCUT2D eigenvalue weighted by atomic mass is 16.3. The molecule has 1 fully saturated rings. The van der Waals surface area contributed by atoms with Crippen molar-refractivity contribution in [3.8, 4) is 11.3 Å². The number of aromatic amines is 1. The summed E-state index contributed by atoms with van der Waals surface area (Å²) < 4.78 is 5.27. The largest absolute Gasteiger partial charge is 0.469 e. The monoisotopic (exact) mass is 335 g/mol. The number of amides is 1. The van der Waals surface area contributed by atoms with Crippen molar-refractivity contribution in [2.45, 2.75) is 25.7 Å². The number of hydrogen-bond acceptors (Lipinski definition) is 3. The topological polar surface area (TPSA) is 62.1 Å². The Morgan fingerprint density at radius 1 is 1.28 bits per heavy atom. The average molecular weight is 335 g/mol. The molecule has 5 heteroatoms. The molecule has 0 spiro atoms. The molecule has 1 N–H and O–H groups in total. The van der Waals surface area contributed by atoms with Crippen LogP contribution in [0.4, 0.5) is 0 Å². The standard InChI is InChI=1S/C20H21N3O2/c1-14-17(9-11-25-14)20(24)23-10-5-8-16(13-23)19-21-12-18(22-19)15-6-3-2-4-7-15/h2-4,6-7,9,11-12,16H,5,8,10,13H2,1H3,(H,21,22). The minimum absolute atomic E-state index is 0.0470. The molecule has 1 aliphatic heterocycles. The van der Waals surface area contributed by atoms with Crippen LogP contribution < -0.4 is 0 Å². The number of nitrogens with one attached hydrogen (secondary N) is 1. The van der Waals surface area contributed by atoms with Crippen molar-refractivity contribution in [3.63, 3.8) is 0 Å². The van der Waals surface area contributed by atoms with Gasteiger partial charge in [0.05, 0.1) is 23.7 Å². The van der Waals surface area contributed by atoms with Crippen LogP contribution in [0.2, 0.25) is 0 Å². The third kappa shape index (κ3) is 3.09. The normalized spacial score (nSPS) is 17.6. The van der Waals surface area contributed by atoms with Gasteiger partial charge >= 0.3 is 0 Å². The number of furan rings is 1. The highest BCUT2D eigenvalue weighted by Crippen LogP contribution is 2.28. The van der Waals surface area contributed by atoms with Gasteiger partial charge in [-0.1, -0.05) is 30.3 Å². The Labute approximate surface area is 146 Å². The highest BCUT2D eigenvalue weighted by molar-refractivity contribution is 5.95. The van der Waals surface area contributed by atoms with Crippen LogP contribution in [0.25, 0.3) is 11.3 Å². The fourth-order valence-electron chi connectivity index (χ4n) is 3.47. The van der Waals surface area contributed by atoms with Crippen molar-refractivity contribution in [2.75, 3.05) is 13.1 Å². The Hall–Kier alpha value is -2.82. The van der Waals surface area contributed by atoms with Gasteiger partial charge in [-0.25, -0.2) is 4.98 Å². The SMILES string of the molecule is Cc1occc1C(=O)N1CCCC(c2ncc(-c3ccccc3)[nH]2)C1. The number of nitrogens with zero attached hydrogens (tertiary/aromatic N) is 2. The van der Waals surface area contributed by atoms with Gasteiger partial charge in [-0.2, -0.15) is 0 Å². The van der Waals surface area contributed by atoms with Crippen molar-refractivity contribution in [2.24, 2.45) is 0 Å². The zero-order valence-corrected chi connectivity index (χ0v) is 14.2. The lowest BCUT2D eigenvalue weighted by Gasteiger charge is -2.31. The molecule has 0 saturated carbocycles. The number of likely N-dealkylation sites (tertiary alicyclic amines) is 1. The minimum Gasteiger partial charge on any atom is -0.469 e. The summed E-state index contributed by atoms with van der Waals surface area (Å²) in [6.07, 6.45) is 5.47. The molecule has 5 nitrogen and oxygen atoms in total. The molecule has 3 heterocycles. The summed E-state index contributed by atoms with van der Waals surface area (Å²) in [6.45, 7) is 3.30. The summed E-state index contributed by atoms with van der Waals surface area (Å²) in [7, 11) is 0. The van der Waals surface area contributed by atoms with Crippen molar-refractivity contribution < 1.29 is 9.21 Å². The van der Waals surface area contributed by atoms with Gasteiger partial charge in [0.15, 0.2) is 0 Å². The predicted octanol–water partition coefficient (Wildman–Crippen LogP) is 4.00. The molecule has 0 radical (unpaired) electrons. The Balaban J connectivity index is 1.51. The Morgan fingerprint density at radius 2 is 2.12 bits per heavy atom. The first-order valence-electron chi connectivity index (χ1n) is 8.66. The number of imidazole rings is 1. The van der Waals surface area contributed by atoms with E-state index in [1.54, 1.807) is 12.3 Å². The Morgan fingerprint density at radius 3 is 2.88 bits per heavy atom. The molecule has 0 aliphatic carbocycles. The second kappa shape index (κ2) is 6.59. The lowest BCUT2D eigenvalue weighted by molar-refractivity contribution is 0.0703. The average Bonchev–Trinajstić information content (AvgIpc) is 3.31. The molecule has 4 rings (SSSR count). The van der Waals surface area contributed by atoms with Crippen LogP contribution in [0.1, 0.15) is 40.7 Å². The minimum atomic E-state index is 0.0470. The molecular formula is C20H21N3O2. The van der Waals surface area contributed by atoms with Gasteiger partial charge in [0, 0.05) is 19.0 Å². The fourth-order valence-corrected chi connectivity index (χ4v) is 3.47. The van der Waals surface area contributed by atoms with Crippen LogP contribution >= 0.6 is 0 Å². The molecule has 25 heavy (non-hydrogen) atoms. The van der Waals surface area contributed by atoms with E-state index in [9.17, 15) is 4.79 Å². The third-order valence-electron chi connectivity index (χ3n) is 4.86. The number of hydrogen-bond donors (Lipinski definition) is 1. The number of carbonyl (C=O) groups is 1. The first kappa shape index (κ1) is 15.7. The second-order valence-electron chi connectivity index (χ2n) is 6.53. The van der Waals surface area contributed by atoms with Gasteiger partial charge in [-0.15, -0.1) is 0 Å². The summed E-state index contributed by atoms with van der Waals surface area (Å²) in [5, 5.41) is 0. The molecule has 1 unspecified atom stereocenters. The number of carbonyl (C=O) groups excluding carboxylic acids is 1. The van der Waals surface area contributed by atoms with E-state index in [-0.39, 0.29) is 11.8 Å². The van der Waals surface area contributed by atoms with Crippen LogP contribution in [-0.2, 0) is 0 Å². The van der Waals surface area contributed by atoms with E-state index < -0.39 is 0 Å². The molecule has 2 aromatic heterocycles. The summed E-state index contributed by atoms with van der Waals surface area (Å²) >= 11 is 0. The fraction of sp³-hybridized carbons (Fsp3) is 0.300. The zero-order chi connectivity index (χ0) is 17.2. The lowest BCUT2D eigenvalue weighted by atomic mass is 9.96. The number of rotatable bonds is 3. The maximum absolute atomic E-state index is 12.7. The van der Waals surface area contributed by atoms with Crippen molar-refractivity contribution >= 4 is 5.91 Å². The third-order valence-corrected chi connectivity index (χ3v) is 4.86. The van der Waals surface area contributed by atoms with Crippen LogP contribution in [0.5, 0.6) is 0 Å². The predicted molar refractivity (Wildman–Crippen MR) is 95.3 cm³/mol. The number of aryl methyl sites for hydroxylation is 1. The Bertz CT molecular complexity index is 866. The van der Waals surface area contributed by atoms with Crippen LogP contribution in [0, 0.1) is 6.92 Å². The summed E-state index contributed by atoms with van der Waals surface area (Å²) in [6, 6.07) is 11.9. The molecule has 1 amide bonds. The molecule has 1 saturated heterocycles. The number of piperidine rings is 1. The van der Waals surface area contributed by atoms with E-state index in [0.717, 1.165) is 36.5 Å². The van der Waals surface area contributed by atoms with E-state index in [1.165, 1.54) is 0 Å². The van der Waals surface area contributed by atoms with Gasteiger partial charge in [0.2, 0.25) is 0 Å². The zero-order valence-electron chi connectivity index (χ0n) is 14.2. The van der Waals surface area contributed by atoms with Gasteiger partial charge in [-0.3, -0.25) is 4.79 Å². The maximum atomic E-state index is 12.7. The van der Waals surface area contributed by atoms with E-state index >= 15 is 0 Å². The van der Waals surface area contributed by atoms with Crippen LogP contribution in [-0.4, -0.2) is 33.9 Å². The van der Waals surface area contributed by atoms with E-state index in [4.69, 9.17) is 4.42 Å². The molecule has 1 aliphatic rings. The number of H-pyrrole nitrogens is 1. The number of benzene rings is 1. The molecule has 1 atom stereocenters. The summed E-state index contributed by atoms with van der Waals surface area (Å²) in [5.74, 6) is 1.92. The maximum Gasteiger partial charge on any atom is 0.257 e. The van der Waals surface area contributed by atoms with E-state index in [2.05, 4.69) is 22.1 Å². The summed E-state index contributed by atoms with van der Waals surface area (Å²) in [4.78, 5) is 22.6. The lowest BCUT2D eigenvalue weighted by Crippen LogP contribution is -2.39. The molecule has 3 aromatic rings. The van der Waals surface area contributed by atoms with Gasteiger partial charge in [-0.05, 0) is 31.4 Å². The van der Waals surface area contributed by atoms with Gasteiger partial charge < -0.3 is 14.3 Å². The Kier molecular flexibility index (Phi) is 4.14. The quantitative estimate of drug-likeness (QED) is 0.787. The van der Waals surface area contributed by atoms with Gasteiger partial charge in [0.1, 0.15) is 11.6 Å². The van der Waals surface area contributed by atoms with Crippen molar-refractivity contribution in [3.05, 3.63) is 66.0 Å². The molecule has 0 bridgehead atoms.